The van der Waals surface area contributed by atoms with Gasteiger partial charge in [0.25, 0.3) is 0 Å². The van der Waals surface area contributed by atoms with E-state index < -0.39 is 5.41 Å². The summed E-state index contributed by atoms with van der Waals surface area (Å²) in [6.45, 7) is 4.94. The molecule has 0 bridgehead atoms. The van der Waals surface area contributed by atoms with Crippen molar-refractivity contribution >= 4 is 5.97 Å². The van der Waals surface area contributed by atoms with Gasteiger partial charge in [0.05, 0.1) is 12.0 Å². The largest absolute Gasteiger partial charge is 0.466 e. The Morgan fingerprint density at radius 2 is 2.00 bits per heavy atom. The Morgan fingerprint density at radius 3 is 2.82 bits per heavy atom. The maximum absolute atomic E-state index is 13.0. The lowest BCUT2D eigenvalue weighted by Gasteiger charge is -2.41. The number of nitrogens with zero attached hydrogens (tertiary/aromatic N) is 1. The summed E-state index contributed by atoms with van der Waals surface area (Å²) in [7, 11) is 0. The van der Waals surface area contributed by atoms with Crippen LogP contribution in [0.25, 0.3) is 0 Å². The van der Waals surface area contributed by atoms with Gasteiger partial charge in [0.2, 0.25) is 6.79 Å². The average molecular weight is 381 g/mol. The molecule has 0 spiro atoms. The SMILES string of the molecule is CCOC(=O)[C@]1(Cc2ccccc2)CCCN(Cc2cccc3c2OCO3)C1. The predicted octanol–water partition coefficient (Wildman–Crippen LogP) is 3.80. The molecule has 2 aromatic carbocycles. The predicted molar refractivity (Wildman–Crippen MR) is 106 cm³/mol. The topological polar surface area (TPSA) is 48.0 Å². The molecule has 0 N–H and O–H groups in total. The minimum absolute atomic E-state index is 0.0820. The number of likely N-dealkylation sites (tertiary alicyclic amines) is 1. The maximum Gasteiger partial charge on any atom is 0.313 e. The minimum Gasteiger partial charge on any atom is -0.466 e. The van der Waals surface area contributed by atoms with Gasteiger partial charge in [-0.2, -0.15) is 0 Å². The molecular weight excluding hydrogens is 354 g/mol. The number of esters is 1. The number of hydrogen-bond acceptors (Lipinski definition) is 5. The first-order valence-corrected chi connectivity index (χ1v) is 10.0. The second-order valence-corrected chi connectivity index (χ2v) is 7.63. The molecule has 4 rings (SSSR count). The second-order valence-electron chi connectivity index (χ2n) is 7.63. The molecule has 2 aliphatic rings. The first kappa shape index (κ1) is 18.8. The Labute approximate surface area is 166 Å². The molecular formula is C23H27NO4. The molecule has 2 aliphatic heterocycles. The number of benzene rings is 2. The number of para-hydroxylation sites is 1. The van der Waals surface area contributed by atoms with Crippen LogP contribution in [-0.2, 0) is 22.5 Å². The fraction of sp³-hybridized carbons (Fsp3) is 0.435. The quantitative estimate of drug-likeness (QED) is 0.712. The van der Waals surface area contributed by atoms with Gasteiger partial charge in [0.15, 0.2) is 11.5 Å². The Kier molecular flexibility index (Phi) is 5.53. The summed E-state index contributed by atoms with van der Waals surface area (Å²) >= 11 is 0. The van der Waals surface area contributed by atoms with Gasteiger partial charge < -0.3 is 14.2 Å². The van der Waals surface area contributed by atoms with Crippen molar-refractivity contribution in [2.45, 2.75) is 32.7 Å². The molecule has 2 heterocycles. The van der Waals surface area contributed by atoms with Gasteiger partial charge in [-0.05, 0) is 44.4 Å². The first-order valence-electron chi connectivity index (χ1n) is 10.0. The molecule has 148 valence electrons. The zero-order valence-electron chi connectivity index (χ0n) is 16.4. The van der Waals surface area contributed by atoms with Crippen LogP contribution >= 0.6 is 0 Å². The van der Waals surface area contributed by atoms with E-state index in [-0.39, 0.29) is 12.8 Å². The van der Waals surface area contributed by atoms with Gasteiger partial charge in [-0.3, -0.25) is 9.69 Å². The third-order valence-electron chi connectivity index (χ3n) is 5.62. The molecule has 0 aliphatic carbocycles. The summed E-state index contributed by atoms with van der Waals surface area (Å²) in [6, 6.07) is 16.2. The van der Waals surface area contributed by atoms with Crippen molar-refractivity contribution in [3.8, 4) is 11.5 Å². The molecule has 0 unspecified atom stereocenters. The van der Waals surface area contributed by atoms with Gasteiger partial charge in [-0.25, -0.2) is 0 Å². The Morgan fingerprint density at radius 1 is 1.14 bits per heavy atom. The van der Waals surface area contributed by atoms with Gasteiger partial charge in [-0.1, -0.05) is 42.5 Å². The van der Waals surface area contributed by atoms with Crippen LogP contribution in [0.1, 0.15) is 30.9 Å². The Bertz CT molecular complexity index is 823. The minimum atomic E-state index is -0.509. The fourth-order valence-corrected chi connectivity index (χ4v) is 4.37. The second kappa shape index (κ2) is 8.23. The van der Waals surface area contributed by atoms with Crippen molar-refractivity contribution in [1.29, 1.82) is 0 Å². The van der Waals surface area contributed by atoms with Crippen LogP contribution in [0.2, 0.25) is 0 Å². The molecule has 28 heavy (non-hydrogen) atoms. The lowest BCUT2D eigenvalue weighted by atomic mass is 9.75. The van der Waals surface area contributed by atoms with E-state index in [1.807, 2.05) is 37.3 Å². The number of piperidine rings is 1. The zero-order valence-corrected chi connectivity index (χ0v) is 16.4. The van der Waals surface area contributed by atoms with Crippen molar-refractivity contribution in [2.24, 2.45) is 5.41 Å². The highest BCUT2D eigenvalue weighted by Gasteiger charge is 2.43. The summed E-state index contributed by atoms with van der Waals surface area (Å²) < 4.78 is 16.7. The summed E-state index contributed by atoms with van der Waals surface area (Å²) in [5.41, 5.74) is 1.77. The van der Waals surface area contributed by atoms with Gasteiger partial charge in [0.1, 0.15) is 0 Å². The first-order chi connectivity index (χ1) is 13.7. The van der Waals surface area contributed by atoms with E-state index >= 15 is 0 Å². The van der Waals surface area contributed by atoms with Crippen molar-refractivity contribution in [3.05, 3.63) is 59.7 Å². The normalized spacial score (nSPS) is 21.5. The van der Waals surface area contributed by atoms with Crippen LogP contribution in [0.15, 0.2) is 48.5 Å². The maximum atomic E-state index is 13.0. The smallest absolute Gasteiger partial charge is 0.313 e. The highest BCUT2D eigenvalue weighted by atomic mass is 16.7. The Hall–Kier alpha value is -2.53. The standard InChI is InChI=1S/C23H27NO4/c1-2-26-22(25)23(14-18-8-4-3-5-9-18)12-7-13-24(16-23)15-19-10-6-11-20-21(19)28-17-27-20/h3-6,8-11H,2,7,12-17H2,1H3/t23-/m0/s1. The van der Waals surface area contributed by atoms with Crippen molar-refractivity contribution in [2.75, 3.05) is 26.5 Å². The van der Waals surface area contributed by atoms with E-state index in [2.05, 4.69) is 23.1 Å². The molecule has 1 atom stereocenters. The summed E-state index contributed by atoms with van der Waals surface area (Å²) in [5, 5.41) is 0. The summed E-state index contributed by atoms with van der Waals surface area (Å²) in [5.74, 6) is 1.55. The van der Waals surface area contributed by atoms with E-state index in [0.717, 1.165) is 43.0 Å². The molecule has 5 heteroatoms. The van der Waals surface area contributed by atoms with Crippen LogP contribution in [0, 0.1) is 5.41 Å². The summed E-state index contributed by atoms with van der Waals surface area (Å²) in [6.07, 6.45) is 2.53. The van der Waals surface area contributed by atoms with Gasteiger partial charge in [-0.15, -0.1) is 0 Å². The Balaban J connectivity index is 1.56. The third-order valence-corrected chi connectivity index (χ3v) is 5.62. The van der Waals surface area contributed by atoms with Crippen LogP contribution < -0.4 is 9.47 Å². The molecule has 0 aromatic heterocycles. The van der Waals surface area contributed by atoms with Crippen LogP contribution in [0.4, 0.5) is 0 Å². The third kappa shape index (κ3) is 3.85. The van der Waals surface area contributed by atoms with Crippen molar-refractivity contribution < 1.29 is 19.0 Å². The van der Waals surface area contributed by atoms with E-state index in [9.17, 15) is 4.79 Å². The molecule has 1 fully saturated rings. The molecule has 0 amide bonds. The van der Waals surface area contributed by atoms with Gasteiger partial charge in [0, 0.05) is 18.7 Å². The van der Waals surface area contributed by atoms with Crippen LogP contribution in [0.3, 0.4) is 0 Å². The number of rotatable bonds is 6. The zero-order chi connectivity index (χ0) is 19.4. The number of carbonyl (C=O) groups is 1. The summed E-state index contributed by atoms with van der Waals surface area (Å²) in [4.78, 5) is 15.4. The molecule has 1 saturated heterocycles. The van der Waals surface area contributed by atoms with E-state index in [0.29, 0.717) is 19.6 Å². The lowest BCUT2D eigenvalue weighted by molar-refractivity contribution is -0.159. The monoisotopic (exact) mass is 381 g/mol. The average Bonchev–Trinajstić information content (AvgIpc) is 3.19. The van der Waals surface area contributed by atoms with Crippen molar-refractivity contribution in [1.82, 2.24) is 4.90 Å². The van der Waals surface area contributed by atoms with E-state index in [1.54, 1.807) is 0 Å². The van der Waals surface area contributed by atoms with Gasteiger partial charge >= 0.3 is 5.97 Å². The molecule has 2 aromatic rings. The van der Waals surface area contributed by atoms with E-state index in [1.165, 1.54) is 5.56 Å². The number of hydrogen-bond donors (Lipinski definition) is 0. The molecule has 0 radical (unpaired) electrons. The number of fused-ring (bicyclic) bond motifs is 1. The van der Waals surface area contributed by atoms with Crippen LogP contribution in [0.5, 0.6) is 11.5 Å². The number of ether oxygens (including phenoxy) is 3. The molecule has 5 nitrogen and oxygen atoms in total. The van der Waals surface area contributed by atoms with Crippen LogP contribution in [-0.4, -0.2) is 37.4 Å². The fourth-order valence-electron chi connectivity index (χ4n) is 4.37. The lowest BCUT2D eigenvalue weighted by Crippen LogP contribution is -2.49. The highest BCUT2D eigenvalue weighted by Crippen LogP contribution is 2.39. The highest BCUT2D eigenvalue weighted by molar-refractivity contribution is 5.77. The van der Waals surface area contributed by atoms with Crippen molar-refractivity contribution in [3.63, 3.8) is 0 Å². The molecule has 0 saturated carbocycles. The van der Waals surface area contributed by atoms with E-state index in [4.69, 9.17) is 14.2 Å². The number of carbonyl (C=O) groups excluding carboxylic acids is 1.